The van der Waals surface area contributed by atoms with E-state index >= 15 is 0 Å². The number of hydrogen-bond donors (Lipinski definition) is 2. The summed E-state index contributed by atoms with van der Waals surface area (Å²) in [6.45, 7) is 5.47. The van der Waals surface area contributed by atoms with Crippen molar-refractivity contribution >= 4 is 11.7 Å². The molecule has 2 N–H and O–H groups in total. The van der Waals surface area contributed by atoms with Gasteiger partial charge in [-0.1, -0.05) is 0 Å². The molecule has 0 aliphatic rings. The average Bonchev–Trinajstić information content (AvgIpc) is 3.03. The normalized spacial score (nSPS) is 12.5. The van der Waals surface area contributed by atoms with Gasteiger partial charge in [0.1, 0.15) is 11.4 Å². The molecule has 23 heavy (non-hydrogen) atoms. The molecular formula is C14H17N7O2. The van der Waals surface area contributed by atoms with E-state index in [0.29, 0.717) is 5.82 Å². The molecule has 0 aromatic carbocycles. The van der Waals surface area contributed by atoms with E-state index in [4.69, 9.17) is 0 Å². The fourth-order valence-corrected chi connectivity index (χ4v) is 2.41. The van der Waals surface area contributed by atoms with Crippen molar-refractivity contribution in [1.29, 1.82) is 0 Å². The molecule has 9 nitrogen and oxygen atoms in total. The van der Waals surface area contributed by atoms with Gasteiger partial charge in [0.15, 0.2) is 0 Å². The van der Waals surface area contributed by atoms with Crippen LogP contribution in [0.3, 0.4) is 0 Å². The molecular weight excluding hydrogens is 298 g/mol. The summed E-state index contributed by atoms with van der Waals surface area (Å²) in [7, 11) is 1.83. The van der Waals surface area contributed by atoms with Gasteiger partial charge < -0.3 is 5.32 Å². The van der Waals surface area contributed by atoms with Gasteiger partial charge in [0, 0.05) is 24.5 Å². The molecule has 0 radical (unpaired) electrons. The van der Waals surface area contributed by atoms with Crippen LogP contribution in [0.15, 0.2) is 17.2 Å². The first-order chi connectivity index (χ1) is 10.9. The Balaban J connectivity index is 1.90. The van der Waals surface area contributed by atoms with Gasteiger partial charge in [0.2, 0.25) is 0 Å². The van der Waals surface area contributed by atoms with Crippen molar-refractivity contribution in [3.05, 3.63) is 45.4 Å². The third-order valence-electron chi connectivity index (χ3n) is 3.82. The van der Waals surface area contributed by atoms with E-state index in [1.165, 1.54) is 6.20 Å². The summed E-state index contributed by atoms with van der Waals surface area (Å²) >= 11 is 0. The second kappa shape index (κ2) is 5.34. The number of amides is 1. The molecule has 1 atom stereocenters. The number of carbonyl (C=O) groups is 1. The number of nitrogens with one attached hydrogen (secondary N) is 2. The number of aryl methyl sites for hydroxylation is 2. The molecule has 1 amide bonds. The maximum absolute atomic E-state index is 12.4. The molecule has 0 aliphatic carbocycles. The van der Waals surface area contributed by atoms with E-state index in [1.807, 2.05) is 20.9 Å². The lowest BCUT2D eigenvalue weighted by Gasteiger charge is -2.13. The molecule has 0 bridgehead atoms. The Labute approximate surface area is 131 Å². The Morgan fingerprint density at radius 2 is 2.09 bits per heavy atom. The Bertz CT molecular complexity index is 950. The quantitative estimate of drug-likeness (QED) is 0.720. The molecule has 0 aliphatic heterocycles. The molecule has 3 aromatic heterocycles. The predicted octanol–water partition coefficient (Wildman–Crippen LogP) is 0.259. The van der Waals surface area contributed by atoms with Gasteiger partial charge in [0.25, 0.3) is 17.2 Å². The van der Waals surface area contributed by atoms with Gasteiger partial charge >= 0.3 is 0 Å². The van der Waals surface area contributed by atoms with Crippen LogP contribution in [-0.4, -0.2) is 35.3 Å². The van der Waals surface area contributed by atoms with Crippen LogP contribution in [0.1, 0.15) is 40.4 Å². The van der Waals surface area contributed by atoms with Crippen LogP contribution in [-0.2, 0) is 7.05 Å². The van der Waals surface area contributed by atoms with E-state index in [9.17, 15) is 9.59 Å². The van der Waals surface area contributed by atoms with Crippen LogP contribution >= 0.6 is 0 Å². The largest absolute Gasteiger partial charge is 0.345 e. The monoisotopic (exact) mass is 315 g/mol. The third-order valence-corrected chi connectivity index (χ3v) is 3.82. The first kappa shape index (κ1) is 14.9. The minimum atomic E-state index is -0.486. The second-order valence-electron chi connectivity index (χ2n) is 5.43. The topological polar surface area (TPSA) is 110 Å². The zero-order chi connectivity index (χ0) is 16.7. The van der Waals surface area contributed by atoms with E-state index in [-0.39, 0.29) is 17.4 Å². The maximum atomic E-state index is 12.4. The molecule has 0 saturated carbocycles. The summed E-state index contributed by atoms with van der Waals surface area (Å²) in [5.74, 6) is 0.298. The van der Waals surface area contributed by atoms with Crippen molar-refractivity contribution in [3.63, 3.8) is 0 Å². The van der Waals surface area contributed by atoms with E-state index in [2.05, 4.69) is 25.5 Å². The Morgan fingerprint density at radius 1 is 1.35 bits per heavy atom. The summed E-state index contributed by atoms with van der Waals surface area (Å²) < 4.78 is 2.89. The van der Waals surface area contributed by atoms with Gasteiger partial charge in [-0.25, -0.2) is 4.98 Å². The van der Waals surface area contributed by atoms with Gasteiger partial charge in [-0.2, -0.15) is 14.6 Å². The minimum absolute atomic E-state index is 0.0421. The lowest BCUT2D eigenvalue weighted by atomic mass is 10.1. The molecule has 0 unspecified atom stereocenters. The van der Waals surface area contributed by atoms with Crippen LogP contribution in [0.25, 0.3) is 5.78 Å². The van der Waals surface area contributed by atoms with Crippen LogP contribution in [0.4, 0.5) is 0 Å². The number of H-pyrrole nitrogens is 1. The number of carbonyl (C=O) groups excluding carboxylic acids is 1. The van der Waals surface area contributed by atoms with Gasteiger partial charge in [-0.3, -0.25) is 19.4 Å². The smallest absolute Gasteiger partial charge is 0.286 e. The summed E-state index contributed by atoms with van der Waals surface area (Å²) in [6, 6.07) is -0.278. The van der Waals surface area contributed by atoms with Crippen molar-refractivity contribution in [2.75, 3.05) is 0 Å². The number of fused-ring (bicyclic) bond motifs is 1. The van der Waals surface area contributed by atoms with Crippen molar-refractivity contribution < 1.29 is 4.79 Å². The zero-order valence-corrected chi connectivity index (χ0v) is 13.3. The molecule has 3 rings (SSSR count). The first-order valence-electron chi connectivity index (χ1n) is 7.12. The number of hydrogen-bond acceptors (Lipinski definition) is 5. The summed E-state index contributed by atoms with van der Waals surface area (Å²) in [5, 5.41) is 9.71. The van der Waals surface area contributed by atoms with Crippen molar-refractivity contribution in [2.24, 2.45) is 7.05 Å². The number of rotatable bonds is 3. The number of nitrogens with zero attached hydrogens (tertiary/aromatic N) is 5. The summed E-state index contributed by atoms with van der Waals surface area (Å²) in [4.78, 5) is 32.8. The molecule has 120 valence electrons. The SMILES string of the molecule is Cc1nc2ncc(C(=O)N[C@@H](C)c3cnn(C)c3C)c(=O)n2[nH]1. The van der Waals surface area contributed by atoms with E-state index < -0.39 is 11.5 Å². The lowest BCUT2D eigenvalue weighted by molar-refractivity contribution is 0.0937. The van der Waals surface area contributed by atoms with E-state index in [1.54, 1.807) is 17.8 Å². The van der Waals surface area contributed by atoms with Gasteiger partial charge in [-0.15, -0.1) is 0 Å². The third kappa shape index (κ3) is 2.50. The van der Waals surface area contributed by atoms with Crippen LogP contribution in [0.5, 0.6) is 0 Å². The molecule has 9 heteroatoms. The highest BCUT2D eigenvalue weighted by Crippen LogP contribution is 2.16. The van der Waals surface area contributed by atoms with Gasteiger partial charge in [-0.05, 0) is 20.8 Å². The predicted molar refractivity (Wildman–Crippen MR) is 82.2 cm³/mol. The highest BCUT2D eigenvalue weighted by molar-refractivity contribution is 5.93. The number of aromatic amines is 1. The zero-order valence-electron chi connectivity index (χ0n) is 13.3. The first-order valence-corrected chi connectivity index (χ1v) is 7.12. The highest BCUT2D eigenvalue weighted by Gasteiger charge is 2.19. The Kier molecular flexibility index (Phi) is 3.47. The average molecular weight is 315 g/mol. The number of aromatic nitrogens is 6. The fraction of sp³-hybridized carbons (Fsp3) is 0.357. The Hall–Kier alpha value is -2.97. The van der Waals surface area contributed by atoms with Crippen molar-refractivity contribution in [1.82, 2.24) is 34.7 Å². The highest BCUT2D eigenvalue weighted by atomic mass is 16.2. The van der Waals surface area contributed by atoms with Crippen molar-refractivity contribution in [3.8, 4) is 0 Å². The molecule has 0 saturated heterocycles. The minimum Gasteiger partial charge on any atom is -0.345 e. The molecule has 0 fully saturated rings. The molecule has 3 aromatic rings. The molecule has 0 spiro atoms. The van der Waals surface area contributed by atoms with Gasteiger partial charge in [0.05, 0.1) is 12.2 Å². The van der Waals surface area contributed by atoms with Crippen molar-refractivity contribution in [2.45, 2.75) is 26.8 Å². The molecule has 3 heterocycles. The second-order valence-corrected chi connectivity index (χ2v) is 5.43. The van der Waals surface area contributed by atoms with E-state index in [0.717, 1.165) is 15.8 Å². The standard InChI is InChI=1S/C14H17N7O2/c1-7(10-6-16-20(4)8(10)2)17-12(22)11-5-15-14-18-9(3)19-21(14)13(11)23/h5-7H,1-4H3,(H,17,22)(H,15,18,19)/t7-/m0/s1. The summed E-state index contributed by atoms with van der Waals surface area (Å²) in [6.07, 6.45) is 2.95. The lowest BCUT2D eigenvalue weighted by Crippen LogP contribution is -2.33. The van der Waals surface area contributed by atoms with Crippen LogP contribution in [0, 0.1) is 13.8 Å². The van der Waals surface area contributed by atoms with Crippen LogP contribution in [0.2, 0.25) is 0 Å². The summed E-state index contributed by atoms with van der Waals surface area (Å²) in [5.41, 5.74) is 1.32. The maximum Gasteiger partial charge on any atom is 0.286 e. The Morgan fingerprint density at radius 3 is 2.74 bits per heavy atom. The van der Waals surface area contributed by atoms with Crippen LogP contribution < -0.4 is 10.9 Å². The fourth-order valence-electron chi connectivity index (χ4n) is 2.41.